The van der Waals surface area contributed by atoms with Gasteiger partial charge < -0.3 is 10.2 Å². The number of pyridine rings is 1. The summed E-state index contributed by atoms with van der Waals surface area (Å²) in [4.78, 5) is 6.29. The Morgan fingerprint density at radius 3 is 2.52 bits per heavy atom. The second-order valence-electron chi connectivity index (χ2n) is 4.67. The van der Waals surface area contributed by atoms with Crippen molar-refractivity contribution in [2.45, 2.75) is 0 Å². The molecule has 3 aromatic rings. The van der Waals surface area contributed by atoms with Crippen molar-refractivity contribution in [3.8, 4) is 5.69 Å². The van der Waals surface area contributed by atoms with E-state index in [-0.39, 0.29) is 0 Å². The molecule has 0 bridgehead atoms. The topological polar surface area (TPSA) is 71.8 Å². The maximum atomic E-state index is 4.35. The lowest BCUT2D eigenvalue weighted by Gasteiger charge is -2.11. The fraction of sp³-hybridized carbons (Fsp3) is 0.143. The summed E-state index contributed by atoms with van der Waals surface area (Å²) in [7, 11) is 3.90. The highest BCUT2D eigenvalue weighted by molar-refractivity contribution is 5.56. The summed E-state index contributed by atoms with van der Waals surface area (Å²) in [5, 5.41) is 14.9. The fourth-order valence-electron chi connectivity index (χ4n) is 1.86. The highest BCUT2D eigenvalue weighted by atomic mass is 15.6. The van der Waals surface area contributed by atoms with Crippen LogP contribution in [-0.2, 0) is 0 Å². The highest BCUT2D eigenvalue weighted by Crippen LogP contribution is 2.17. The Bertz CT molecular complexity index is 704. The molecule has 21 heavy (non-hydrogen) atoms. The van der Waals surface area contributed by atoms with E-state index in [1.807, 2.05) is 61.5 Å². The number of benzene rings is 1. The van der Waals surface area contributed by atoms with Gasteiger partial charge in [0.15, 0.2) is 0 Å². The summed E-state index contributed by atoms with van der Waals surface area (Å²) >= 11 is 0. The molecule has 0 saturated heterocycles. The van der Waals surface area contributed by atoms with E-state index in [1.165, 1.54) is 0 Å². The minimum absolute atomic E-state index is 0.542. The molecule has 106 valence electrons. The van der Waals surface area contributed by atoms with Gasteiger partial charge in [0.2, 0.25) is 0 Å². The standard InChI is InChI=1S/C14H15N7/c1-20(2)13-9-8-11(10-15-13)16-14-17-18-19-21(14)12-6-4-3-5-7-12/h3-10H,1-2H3,(H,16,17,19). The molecule has 2 heterocycles. The normalized spacial score (nSPS) is 10.4. The van der Waals surface area contributed by atoms with Crippen LogP contribution in [0.15, 0.2) is 48.7 Å². The first-order valence-electron chi connectivity index (χ1n) is 6.48. The minimum Gasteiger partial charge on any atom is -0.363 e. The number of para-hydroxylation sites is 1. The van der Waals surface area contributed by atoms with Crippen molar-refractivity contribution >= 4 is 17.5 Å². The Labute approximate surface area is 122 Å². The van der Waals surface area contributed by atoms with E-state index in [2.05, 4.69) is 25.8 Å². The molecule has 7 heteroatoms. The number of anilines is 3. The minimum atomic E-state index is 0.542. The van der Waals surface area contributed by atoms with Crippen LogP contribution in [0.3, 0.4) is 0 Å². The molecular weight excluding hydrogens is 266 g/mol. The molecule has 0 amide bonds. The van der Waals surface area contributed by atoms with Crippen LogP contribution < -0.4 is 10.2 Å². The third-order valence-electron chi connectivity index (χ3n) is 2.93. The number of hydrogen-bond acceptors (Lipinski definition) is 6. The van der Waals surface area contributed by atoms with E-state index in [1.54, 1.807) is 10.9 Å². The number of nitrogens with one attached hydrogen (secondary N) is 1. The molecule has 0 unspecified atom stereocenters. The van der Waals surface area contributed by atoms with E-state index in [4.69, 9.17) is 0 Å². The molecule has 0 radical (unpaired) electrons. The van der Waals surface area contributed by atoms with Gasteiger partial charge in [-0.1, -0.05) is 23.3 Å². The average molecular weight is 281 g/mol. The smallest absolute Gasteiger partial charge is 0.252 e. The Kier molecular flexibility index (Phi) is 3.46. The first-order chi connectivity index (χ1) is 10.2. The summed E-state index contributed by atoms with van der Waals surface area (Å²) in [5.41, 5.74) is 1.72. The van der Waals surface area contributed by atoms with E-state index >= 15 is 0 Å². The van der Waals surface area contributed by atoms with Crippen LogP contribution >= 0.6 is 0 Å². The molecule has 0 spiro atoms. The van der Waals surface area contributed by atoms with Crippen molar-refractivity contribution in [3.63, 3.8) is 0 Å². The van der Waals surface area contributed by atoms with Crippen LogP contribution in [-0.4, -0.2) is 39.3 Å². The zero-order valence-electron chi connectivity index (χ0n) is 11.8. The van der Waals surface area contributed by atoms with Gasteiger partial charge in [-0.3, -0.25) is 0 Å². The summed E-state index contributed by atoms with van der Waals surface area (Å²) in [5.74, 6) is 1.43. The van der Waals surface area contributed by atoms with Gasteiger partial charge in [0.25, 0.3) is 5.95 Å². The number of tetrazole rings is 1. The molecule has 0 fully saturated rings. The van der Waals surface area contributed by atoms with Crippen molar-refractivity contribution in [1.29, 1.82) is 0 Å². The zero-order chi connectivity index (χ0) is 14.7. The highest BCUT2D eigenvalue weighted by Gasteiger charge is 2.08. The number of hydrogen-bond donors (Lipinski definition) is 1. The zero-order valence-corrected chi connectivity index (χ0v) is 11.8. The third kappa shape index (κ3) is 2.81. The van der Waals surface area contributed by atoms with Gasteiger partial charge in [0, 0.05) is 14.1 Å². The van der Waals surface area contributed by atoms with Crippen LogP contribution in [0.25, 0.3) is 5.69 Å². The van der Waals surface area contributed by atoms with Crippen LogP contribution in [0.5, 0.6) is 0 Å². The number of rotatable bonds is 4. The largest absolute Gasteiger partial charge is 0.363 e. The lowest BCUT2D eigenvalue weighted by molar-refractivity contribution is 0.791. The summed E-state index contributed by atoms with van der Waals surface area (Å²) < 4.78 is 1.64. The Morgan fingerprint density at radius 2 is 1.86 bits per heavy atom. The molecule has 1 aromatic carbocycles. The predicted molar refractivity (Wildman–Crippen MR) is 81.0 cm³/mol. The van der Waals surface area contributed by atoms with Crippen LogP contribution in [0.4, 0.5) is 17.5 Å². The van der Waals surface area contributed by atoms with Gasteiger partial charge in [0.1, 0.15) is 5.82 Å². The lowest BCUT2D eigenvalue weighted by atomic mass is 10.3. The second kappa shape index (κ2) is 5.58. The van der Waals surface area contributed by atoms with E-state index in [0.717, 1.165) is 17.2 Å². The van der Waals surface area contributed by atoms with Gasteiger partial charge in [-0.15, -0.1) is 0 Å². The molecule has 0 aliphatic carbocycles. The molecule has 0 aliphatic heterocycles. The SMILES string of the molecule is CN(C)c1ccc(Nc2nnnn2-c2ccccc2)cn1. The van der Waals surface area contributed by atoms with Gasteiger partial charge in [0.05, 0.1) is 17.6 Å². The molecule has 0 aliphatic rings. The van der Waals surface area contributed by atoms with Crippen molar-refractivity contribution in [1.82, 2.24) is 25.2 Å². The van der Waals surface area contributed by atoms with Crippen LogP contribution in [0, 0.1) is 0 Å². The van der Waals surface area contributed by atoms with Crippen LogP contribution in [0.2, 0.25) is 0 Å². The van der Waals surface area contributed by atoms with E-state index < -0.39 is 0 Å². The second-order valence-corrected chi connectivity index (χ2v) is 4.67. The summed E-state index contributed by atoms with van der Waals surface area (Å²) in [6.45, 7) is 0. The Balaban J connectivity index is 1.84. The molecular formula is C14H15N7. The Hall–Kier alpha value is -2.96. The predicted octanol–water partition coefficient (Wildman–Crippen LogP) is 1.87. The van der Waals surface area contributed by atoms with Crippen molar-refractivity contribution in [3.05, 3.63) is 48.7 Å². The monoisotopic (exact) mass is 281 g/mol. The number of nitrogens with zero attached hydrogens (tertiary/aromatic N) is 6. The van der Waals surface area contributed by atoms with Crippen molar-refractivity contribution in [2.24, 2.45) is 0 Å². The maximum absolute atomic E-state index is 4.35. The van der Waals surface area contributed by atoms with E-state index in [9.17, 15) is 0 Å². The first kappa shape index (κ1) is 13.0. The molecule has 1 N–H and O–H groups in total. The molecule has 0 atom stereocenters. The fourth-order valence-corrected chi connectivity index (χ4v) is 1.86. The maximum Gasteiger partial charge on any atom is 0.252 e. The quantitative estimate of drug-likeness (QED) is 0.787. The molecule has 3 rings (SSSR count). The van der Waals surface area contributed by atoms with Crippen LogP contribution in [0.1, 0.15) is 0 Å². The first-order valence-corrected chi connectivity index (χ1v) is 6.48. The van der Waals surface area contributed by atoms with Gasteiger partial charge in [-0.2, -0.15) is 4.68 Å². The number of aromatic nitrogens is 5. The van der Waals surface area contributed by atoms with Gasteiger partial charge >= 0.3 is 0 Å². The van der Waals surface area contributed by atoms with Crippen molar-refractivity contribution < 1.29 is 0 Å². The van der Waals surface area contributed by atoms with Gasteiger partial charge in [-0.05, 0) is 34.7 Å². The van der Waals surface area contributed by atoms with E-state index in [0.29, 0.717) is 5.95 Å². The lowest BCUT2D eigenvalue weighted by Crippen LogP contribution is -2.10. The molecule has 7 nitrogen and oxygen atoms in total. The summed E-state index contributed by atoms with van der Waals surface area (Å²) in [6, 6.07) is 13.6. The molecule has 0 saturated carbocycles. The summed E-state index contributed by atoms with van der Waals surface area (Å²) in [6.07, 6.45) is 1.75. The average Bonchev–Trinajstić information content (AvgIpc) is 2.97. The molecule has 2 aromatic heterocycles. The van der Waals surface area contributed by atoms with Gasteiger partial charge in [-0.25, -0.2) is 4.98 Å². The third-order valence-corrected chi connectivity index (χ3v) is 2.93. The Morgan fingerprint density at radius 1 is 1.05 bits per heavy atom. The van der Waals surface area contributed by atoms with Crippen molar-refractivity contribution in [2.75, 3.05) is 24.3 Å².